The van der Waals surface area contributed by atoms with Gasteiger partial charge in [0.05, 0.1) is 35.9 Å². The first-order chi connectivity index (χ1) is 10.7. The van der Waals surface area contributed by atoms with Crippen molar-refractivity contribution in [2.75, 3.05) is 13.1 Å². The van der Waals surface area contributed by atoms with Crippen LogP contribution < -0.4 is 0 Å². The molecule has 0 aliphatic rings. The maximum Gasteiger partial charge on any atom is 0.234 e. The fourth-order valence-corrected chi connectivity index (χ4v) is 2.23. The van der Waals surface area contributed by atoms with Crippen molar-refractivity contribution in [1.82, 2.24) is 9.97 Å². The predicted molar refractivity (Wildman–Crippen MR) is 83.4 cm³/mol. The summed E-state index contributed by atoms with van der Waals surface area (Å²) in [6.45, 7) is 5.00. The molecule has 0 aliphatic carbocycles. The van der Waals surface area contributed by atoms with Gasteiger partial charge in [0.25, 0.3) is 0 Å². The second kappa shape index (κ2) is 10.6. The topological polar surface area (TPSA) is 84.6 Å². The molecule has 0 N–H and O–H groups in total. The van der Waals surface area contributed by atoms with Gasteiger partial charge in [-0.25, -0.2) is 19.6 Å². The zero-order valence-electron chi connectivity index (χ0n) is 13.3. The number of aliphatic imine (C=N–C) groups is 2. The number of carbonyl (C=O) groups excluding carboxylic acids is 2. The van der Waals surface area contributed by atoms with E-state index in [2.05, 4.69) is 20.0 Å². The first-order valence-electron chi connectivity index (χ1n) is 7.59. The Morgan fingerprint density at radius 2 is 1.18 bits per heavy atom. The number of aryl methyl sites for hydroxylation is 4. The molecule has 0 saturated carbocycles. The van der Waals surface area contributed by atoms with Crippen molar-refractivity contribution < 1.29 is 9.59 Å². The summed E-state index contributed by atoms with van der Waals surface area (Å²) in [6.07, 6.45) is 8.37. The SMILES string of the molecule is Cc1nc(CCCCN=C=O)c(C)nc1CCCCN=C=O. The molecule has 22 heavy (non-hydrogen) atoms. The first-order valence-corrected chi connectivity index (χ1v) is 7.59. The zero-order valence-corrected chi connectivity index (χ0v) is 13.3. The third-order valence-electron chi connectivity index (χ3n) is 3.44. The summed E-state index contributed by atoms with van der Waals surface area (Å²) >= 11 is 0. The van der Waals surface area contributed by atoms with E-state index in [1.807, 2.05) is 13.8 Å². The molecule has 0 aliphatic heterocycles. The van der Waals surface area contributed by atoms with Crippen molar-refractivity contribution in [3.8, 4) is 0 Å². The number of aromatic nitrogens is 2. The number of hydrogen-bond acceptors (Lipinski definition) is 6. The summed E-state index contributed by atoms with van der Waals surface area (Å²) in [4.78, 5) is 36.3. The first kappa shape index (κ1) is 17.9. The quantitative estimate of drug-likeness (QED) is 0.377. The van der Waals surface area contributed by atoms with E-state index in [1.165, 1.54) is 0 Å². The molecule has 0 fully saturated rings. The van der Waals surface area contributed by atoms with Gasteiger partial charge < -0.3 is 0 Å². The maximum absolute atomic E-state index is 9.98. The number of hydrogen-bond donors (Lipinski definition) is 0. The van der Waals surface area contributed by atoms with Crippen molar-refractivity contribution in [3.63, 3.8) is 0 Å². The minimum atomic E-state index is 0.524. The molecule has 0 saturated heterocycles. The van der Waals surface area contributed by atoms with Gasteiger partial charge in [0.1, 0.15) is 0 Å². The van der Waals surface area contributed by atoms with Crippen molar-refractivity contribution in [3.05, 3.63) is 22.8 Å². The molecule has 1 aromatic heterocycles. The van der Waals surface area contributed by atoms with E-state index in [4.69, 9.17) is 0 Å². The standard InChI is InChI=1S/C16H22N4O2/c1-13-15(7-3-5-9-17-11-21)20-14(2)16(19-13)8-4-6-10-18-12-22/h3-10H2,1-2H3. The van der Waals surface area contributed by atoms with Gasteiger partial charge in [0.2, 0.25) is 12.2 Å². The van der Waals surface area contributed by atoms with Crippen LogP contribution in [0.5, 0.6) is 0 Å². The predicted octanol–water partition coefficient (Wildman–Crippen LogP) is 2.41. The van der Waals surface area contributed by atoms with Crippen LogP contribution in [0.4, 0.5) is 0 Å². The van der Waals surface area contributed by atoms with E-state index >= 15 is 0 Å². The van der Waals surface area contributed by atoms with E-state index in [0.717, 1.165) is 61.3 Å². The smallest absolute Gasteiger partial charge is 0.234 e. The molecule has 0 bridgehead atoms. The van der Waals surface area contributed by atoms with Gasteiger partial charge in [-0.15, -0.1) is 0 Å². The van der Waals surface area contributed by atoms with E-state index in [0.29, 0.717) is 13.1 Å². The molecule has 0 radical (unpaired) electrons. The van der Waals surface area contributed by atoms with Gasteiger partial charge in [-0.05, 0) is 52.4 Å². The highest BCUT2D eigenvalue weighted by Gasteiger charge is 2.08. The van der Waals surface area contributed by atoms with E-state index in [9.17, 15) is 9.59 Å². The molecule has 1 aromatic rings. The lowest BCUT2D eigenvalue weighted by atomic mass is 10.1. The Morgan fingerprint density at radius 1 is 0.773 bits per heavy atom. The van der Waals surface area contributed by atoms with Gasteiger partial charge in [0.15, 0.2) is 0 Å². The fraction of sp³-hybridized carbons (Fsp3) is 0.625. The van der Waals surface area contributed by atoms with Crippen LogP contribution in [0.25, 0.3) is 0 Å². The molecule has 0 spiro atoms. The van der Waals surface area contributed by atoms with E-state index in [1.54, 1.807) is 12.2 Å². The van der Waals surface area contributed by atoms with Gasteiger partial charge in [-0.2, -0.15) is 0 Å². The summed E-state index contributed by atoms with van der Waals surface area (Å²) < 4.78 is 0. The Balaban J connectivity index is 2.51. The largest absolute Gasteiger partial charge is 0.254 e. The maximum atomic E-state index is 9.98. The van der Waals surface area contributed by atoms with Crippen molar-refractivity contribution in [1.29, 1.82) is 0 Å². The minimum Gasteiger partial charge on any atom is -0.254 e. The molecule has 1 rings (SSSR count). The molecule has 0 amide bonds. The van der Waals surface area contributed by atoms with Crippen LogP contribution in [-0.4, -0.2) is 35.2 Å². The Kier molecular flexibility index (Phi) is 8.58. The highest BCUT2D eigenvalue weighted by atomic mass is 16.1. The third kappa shape index (κ3) is 6.53. The van der Waals surface area contributed by atoms with Gasteiger partial charge in [-0.3, -0.25) is 9.97 Å². The van der Waals surface area contributed by atoms with Gasteiger partial charge in [0, 0.05) is 0 Å². The summed E-state index contributed by atoms with van der Waals surface area (Å²) in [7, 11) is 0. The van der Waals surface area contributed by atoms with Gasteiger partial charge >= 0.3 is 0 Å². The lowest BCUT2D eigenvalue weighted by Crippen LogP contribution is -2.06. The fourth-order valence-electron chi connectivity index (χ4n) is 2.23. The van der Waals surface area contributed by atoms with Crippen LogP contribution in [0, 0.1) is 13.8 Å². The number of rotatable bonds is 10. The Bertz CT molecular complexity index is 522. The van der Waals surface area contributed by atoms with E-state index in [-0.39, 0.29) is 0 Å². The molecule has 1 heterocycles. The van der Waals surface area contributed by atoms with Crippen molar-refractivity contribution >= 4 is 12.2 Å². The normalized spacial score (nSPS) is 9.91. The molecule has 118 valence electrons. The Labute approximate surface area is 130 Å². The Morgan fingerprint density at radius 3 is 1.55 bits per heavy atom. The molecule has 6 nitrogen and oxygen atoms in total. The number of unbranched alkanes of at least 4 members (excludes halogenated alkanes) is 2. The minimum absolute atomic E-state index is 0.524. The van der Waals surface area contributed by atoms with Crippen LogP contribution in [0.15, 0.2) is 9.98 Å². The second-order valence-electron chi connectivity index (χ2n) is 5.15. The lowest BCUT2D eigenvalue weighted by molar-refractivity contribution is 0.561. The molecular formula is C16H22N4O2. The highest BCUT2D eigenvalue weighted by Crippen LogP contribution is 2.13. The Hall–Kier alpha value is -2.16. The third-order valence-corrected chi connectivity index (χ3v) is 3.44. The molecule has 6 heteroatoms. The number of isocyanates is 2. The average Bonchev–Trinajstić information content (AvgIpc) is 2.51. The van der Waals surface area contributed by atoms with Crippen molar-refractivity contribution in [2.24, 2.45) is 9.98 Å². The van der Waals surface area contributed by atoms with Crippen LogP contribution in [0.3, 0.4) is 0 Å². The van der Waals surface area contributed by atoms with Crippen LogP contribution in [0.1, 0.15) is 48.5 Å². The summed E-state index contributed by atoms with van der Waals surface area (Å²) in [6, 6.07) is 0. The summed E-state index contributed by atoms with van der Waals surface area (Å²) in [5.74, 6) is 0. The van der Waals surface area contributed by atoms with Crippen LogP contribution >= 0.6 is 0 Å². The molecular weight excluding hydrogens is 280 g/mol. The molecule has 0 unspecified atom stereocenters. The number of nitrogens with zero attached hydrogens (tertiary/aromatic N) is 4. The van der Waals surface area contributed by atoms with E-state index < -0.39 is 0 Å². The molecule has 0 atom stereocenters. The second-order valence-corrected chi connectivity index (χ2v) is 5.15. The van der Waals surface area contributed by atoms with Gasteiger partial charge in [-0.1, -0.05) is 0 Å². The zero-order chi connectivity index (χ0) is 16.2. The molecule has 0 aromatic carbocycles. The highest BCUT2D eigenvalue weighted by molar-refractivity contribution is 5.32. The van der Waals surface area contributed by atoms with Crippen LogP contribution in [0.2, 0.25) is 0 Å². The lowest BCUT2D eigenvalue weighted by Gasteiger charge is -2.10. The average molecular weight is 302 g/mol. The van der Waals surface area contributed by atoms with Crippen LogP contribution in [-0.2, 0) is 22.4 Å². The monoisotopic (exact) mass is 302 g/mol. The summed E-state index contributed by atoms with van der Waals surface area (Å²) in [5, 5.41) is 0. The summed E-state index contributed by atoms with van der Waals surface area (Å²) in [5.41, 5.74) is 3.96. The van der Waals surface area contributed by atoms with Crippen molar-refractivity contribution in [2.45, 2.75) is 52.4 Å².